The minimum Gasteiger partial charge on any atom is -0.376 e. The lowest BCUT2D eigenvalue weighted by atomic mass is 10.1. The normalized spacial score (nSPS) is 22.5. The maximum Gasteiger partial charge on any atom is 0.322 e. The molecule has 1 N–H and O–H groups in total. The average molecular weight is 395 g/mol. The van der Waals surface area contributed by atoms with E-state index >= 15 is 0 Å². The molecule has 0 saturated carbocycles. The summed E-state index contributed by atoms with van der Waals surface area (Å²) in [4.78, 5) is 28.7. The number of ether oxygens (including phenoxy) is 1. The van der Waals surface area contributed by atoms with Crippen LogP contribution in [0.15, 0.2) is 42.5 Å². The van der Waals surface area contributed by atoms with Crippen molar-refractivity contribution in [2.45, 2.75) is 25.6 Å². The second-order valence-electron chi connectivity index (χ2n) is 7.94. The molecule has 2 fully saturated rings. The van der Waals surface area contributed by atoms with Crippen LogP contribution in [0.1, 0.15) is 27.9 Å². The lowest BCUT2D eigenvalue weighted by molar-refractivity contribution is 0.0696. The quantitative estimate of drug-likeness (QED) is 0.849. The van der Waals surface area contributed by atoms with E-state index in [-0.39, 0.29) is 23.9 Å². The van der Waals surface area contributed by atoms with E-state index in [0.717, 1.165) is 30.7 Å². The number of hydrogen-bond acceptors (Lipinski definition) is 3. The Morgan fingerprint density at radius 1 is 1.00 bits per heavy atom. The zero-order valence-electron chi connectivity index (χ0n) is 15.9. The number of benzene rings is 2. The van der Waals surface area contributed by atoms with E-state index in [4.69, 9.17) is 4.74 Å². The summed E-state index contributed by atoms with van der Waals surface area (Å²) in [5.74, 6) is 0.160. The van der Waals surface area contributed by atoms with Crippen LogP contribution in [-0.4, -0.2) is 47.5 Å². The standard InChI is InChI=1S/C22H22FN3O3/c23-18-4-1-15-10-26(12-17(15)9-18)22(28)24-19-5-2-14(3-6-19)21(27)25-11-16-7-8-29-20(16)13-25/h1-6,9,16,20H,7-8,10-13H2,(H,24,28). The minimum atomic E-state index is -0.292. The van der Waals surface area contributed by atoms with Crippen LogP contribution in [0.25, 0.3) is 0 Å². The van der Waals surface area contributed by atoms with E-state index in [9.17, 15) is 14.0 Å². The number of anilines is 1. The molecule has 2 saturated heterocycles. The van der Waals surface area contributed by atoms with Gasteiger partial charge in [0.05, 0.1) is 6.10 Å². The number of carbonyl (C=O) groups excluding carboxylic acids is 2. The van der Waals surface area contributed by atoms with Gasteiger partial charge in [-0.2, -0.15) is 0 Å². The lowest BCUT2D eigenvalue weighted by Gasteiger charge is -2.18. The van der Waals surface area contributed by atoms with Crippen molar-refractivity contribution >= 4 is 17.6 Å². The molecule has 0 spiro atoms. The number of hydrogen-bond donors (Lipinski definition) is 1. The summed E-state index contributed by atoms with van der Waals surface area (Å²) in [6.07, 6.45) is 1.20. The van der Waals surface area contributed by atoms with Crippen molar-refractivity contribution in [3.8, 4) is 0 Å². The molecule has 150 valence electrons. The Labute approximate surface area is 168 Å². The fraction of sp³-hybridized carbons (Fsp3) is 0.364. The highest BCUT2D eigenvalue weighted by atomic mass is 19.1. The van der Waals surface area contributed by atoms with Crippen molar-refractivity contribution in [2.24, 2.45) is 5.92 Å². The van der Waals surface area contributed by atoms with Crippen LogP contribution in [0, 0.1) is 11.7 Å². The van der Waals surface area contributed by atoms with Crippen LogP contribution in [-0.2, 0) is 17.8 Å². The van der Waals surface area contributed by atoms with Gasteiger partial charge in [-0.25, -0.2) is 9.18 Å². The Kier molecular flexibility index (Phi) is 4.47. The van der Waals surface area contributed by atoms with Gasteiger partial charge < -0.3 is 19.9 Å². The third-order valence-corrected chi connectivity index (χ3v) is 6.05. The van der Waals surface area contributed by atoms with Gasteiger partial charge in [-0.3, -0.25) is 4.79 Å². The van der Waals surface area contributed by atoms with Crippen molar-refractivity contribution in [3.63, 3.8) is 0 Å². The maximum absolute atomic E-state index is 13.4. The first kappa shape index (κ1) is 18.1. The largest absolute Gasteiger partial charge is 0.376 e. The van der Waals surface area contributed by atoms with E-state index in [1.165, 1.54) is 12.1 Å². The van der Waals surface area contributed by atoms with Gasteiger partial charge in [0.1, 0.15) is 5.82 Å². The van der Waals surface area contributed by atoms with E-state index in [1.807, 2.05) is 4.90 Å². The van der Waals surface area contributed by atoms with Gasteiger partial charge in [-0.1, -0.05) is 6.07 Å². The van der Waals surface area contributed by atoms with Gasteiger partial charge in [-0.15, -0.1) is 0 Å². The molecular weight excluding hydrogens is 373 g/mol. The van der Waals surface area contributed by atoms with Gasteiger partial charge in [0.25, 0.3) is 5.91 Å². The van der Waals surface area contributed by atoms with E-state index < -0.39 is 0 Å². The van der Waals surface area contributed by atoms with Gasteiger partial charge in [0.15, 0.2) is 0 Å². The maximum atomic E-state index is 13.4. The summed E-state index contributed by atoms with van der Waals surface area (Å²) in [7, 11) is 0. The van der Waals surface area contributed by atoms with Gasteiger partial charge in [0.2, 0.25) is 0 Å². The average Bonchev–Trinajstić information content (AvgIpc) is 3.42. The van der Waals surface area contributed by atoms with Crippen molar-refractivity contribution in [2.75, 3.05) is 25.0 Å². The molecule has 0 radical (unpaired) electrons. The molecule has 2 unspecified atom stereocenters. The number of carbonyl (C=O) groups is 2. The summed E-state index contributed by atoms with van der Waals surface area (Å²) < 4.78 is 19.0. The van der Waals surface area contributed by atoms with Crippen molar-refractivity contribution in [3.05, 3.63) is 65.0 Å². The topological polar surface area (TPSA) is 61.9 Å². The van der Waals surface area contributed by atoms with Crippen LogP contribution in [0.3, 0.4) is 0 Å². The zero-order chi connectivity index (χ0) is 20.0. The summed E-state index contributed by atoms with van der Waals surface area (Å²) in [5, 5.41) is 2.85. The number of amides is 3. The molecule has 2 aromatic rings. The van der Waals surface area contributed by atoms with Gasteiger partial charge in [0, 0.05) is 50.0 Å². The number of nitrogens with one attached hydrogen (secondary N) is 1. The first-order valence-corrected chi connectivity index (χ1v) is 9.91. The predicted octanol–water partition coefficient (Wildman–Crippen LogP) is 3.23. The number of urea groups is 1. The molecule has 3 amide bonds. The number of rotatable bonds is 2. The second kappa shape index (κ2) is 7.15. The Hall–Kier alpha value is -2.93. The molecule has 2 atom stereocenters. The van der Waals surface area contributed by atoms with Crippen molar-refractivity contribution in [1.29, 1.82) is 0 Å². The molecule has 2 aromatic carbocycles. The monoisotopic (exact) mass is 395 g/mol. The Balaban J connectivity index is 1.20. The lowest BCUT2D eigenvalue weighted by Crippen LogP contribution is -2.31. The second-order valence-corrected chi connectivity index (χ2v) is 7.94. The highest BCUT2D eigenvalue weighted by molar-refractivity contribution is 5.96. The molecule has 5 rings (SSSR count). The molecule has 7 heteroatoms. The van der Waals surface area contributed by atoms with Crippen LogP contribution in [0.4, 0.5) is 14.9 Å². The fourth-order valence-electron chi connectivity index (χ4n) is 4.43. The van der Waals surface area contributed by atoms with Crippen LogP contribution >= 0.6 is 0 Å². The number of halogens is 1. The summed E-state index contributed by atoms with van der Waals surface area (Å²) in [5.41, 5.74) is 3.02. The summed E-state index contributed by atoms with van der Waals surface area (Å²) in [6, 6.07) is 11.3. The molecule has 29 heavy (non-hydrogen) atoms. The first-order valence-electron chi connectivity index (χ1n) is 9.91. The number of fused-ring (bicyclic) bond motifs is 2. The third kappa shape index (κ3) is 3.46. The number of nitrogens with zero attached hydrogens (tertiary/aromatic N) is 2. The molecular formula is C22H22FN3O3. The molecule has 3 aliphatic rings. The van der Waals surface area contributed by atoms with Gasteiger partial charge >= 0.3 is 6.03 Å². The van der Waals surface area contributed by atoms with Crippen molar-refractivity contribution < 1.29 is 18.7 Å². The van der Waals surface area contributed by atoms with E-state index in [2.05, 4.69) is 5.32 Å². The van der Waals surface area contributed by atoms with E-state index in [0.29, 0.717) is 36.8 Å². The molecule has 0 bridgehead atoms. The highest BCUT2D eigenvalue weighted by Crippen LogP contribution is 2.30. The first-order chi connectivity index (χ1) is 14.1. The predicted molar refractivity (Wildman–Crippen MR) is 105 cm³/mol. The smallest absolute Gasteiger partial charge is 0.322 e. The molecule has 6 nitrogen and oxygen atoms in total. The molecule has 0 aliphatic carbocycles. The molecule has 0 aromatic heterocycles. The SMILES string of the molecule is O=C(Nc1ccc(C(=O)N2CC3CCOC3C2)cc1)N1Cc2ccc(F)cc2C1. The highest BCUT2D eigenvalue weighted by Gasteiger charge is 2.39. The van der Waals surface area contributed by atoms with Crippen molar-refractivity contribution in [1.82, 2.24) is 9.80 Å². The van der Waals surface area contributed by atoms with Gasteiger partial charge in [-0.05, 0) is 53.9 Å². The summed E-state index contributed by atoms with van der Waals surface area (Å²) in [6.45, 7) is 3.03. The Bertz CT molecular complexity index is 950. The van der Waals surface area contributed by atoms with Crippen LogP contribution in [0.5, 0.6) is 0 Å². The third-order valence-electron chi connectivity index (χ3n) is 6.05. The Morgan fingerprint density at radius 3 is 2.59 bits per heavy atom. The molecule has 3 heterocycles. The number of likely N-dealkylation sites (tertiary alicyclic amines) is 1. The van der Waals surface area contributed by atoms with Crippen LogP contribution in [0.2, 0.25) is 0 Å². The zero-order valence-corrected chi connectivity index (χ0v) is 15.9. The molecule has 3 aliphatic heterocycles. The minimum absolute atomic E-state index is 0.00195. The van der Waals surface area contributed by atoms with E-state index in [1.54, 1.807) is 35.2 Å². The van der Waals surface area contributed by atoms with Crippen LogP contribution < -0.4 is 5.32 Å². The summed E-state index contributed by atoms with van der Waals surface area (Å²) >= 11 is 0. The fourth-order valence-corrected chi connectivity index (χ4v) is 4.43. The Morgan fingerprint density at radius 2 is 1.79 bits per heavy atom.